The number of aromatic nitrogens is 2. The number of carbonyl (C=O) groups excluding carboxylic acids is 2. The molecular formula is C13H15N5O3S. The van der Waals surface area contributed by atoms with Gasteiger partial charge in [-0.3, -0.25) is 9.59 Å². The van der Waals surface area contributed by atoms with E-state index in [0.29, 0.717) is 24.5 Å². The molecule has 2 aliphatic heterocycles. The largest absolute Gasteiger partial charge is 0.389 e. The van der Waals surface area contributed by atoms with Gasteiger partial charge in [-0.15, -0.1) is 5.10 Å². The SMILES string of the molecule is O=C(NC1CCC1)C1=NO[C@@H]2CN(C(=O)c3csnn3)C[C@H]12. The third-order valence-corrected chi connectivity index (χ3v) is 4.95. The molecule has 3 aliphatic rings. The summed E-state index contributed by atoms with van der Waals surface area (Å²) in [4.78, 5) is 31.5. The van der Waals surface area contributed by atoms with Gasteiger partial charge in [0.2, 0.25) is 0 Å². The van der Waals surface area contributed by atoms with Crippen LogP contribution in [0.1, 0.15) is 29.8 Å². The van der Waals surface area contributed by atoms with Crippen LogP contribution in [0.4, 0.5) is 0 Å². The van der Waals surface area contributed by atoms with Crippen LogP contribution in [0.25, 0.3) is 0 Å². The topological polar surface area (TPSA) is 96.8 Å². The molecule has 0 unspecified atom stereocenters. The maximum absolute atomic E-state index is 12.3. The first-order valence-electron chi connectivity index (χ1n) is 7.33. The molecule has 1 saturated carbocycles. The molecule has 0 aromatic carbocycles. The van der Waals surface area contributed by atoms with E-state index in [2.05, 4.69) is 20.1 Å². The molecule has 2 fully saturated rings. The van der Waals surface area contributed by atoms with Crippen molar-refractivity contribution < 1.29 is 14.4 Å². The standard InChI is InChI=1S/C13H15N5O3S/c19-12(14-7-2-1-3-7)11-8-4-18(5-10(8)21-16-11)13(20)9-6-22-17-15-9/h6-8,10H,1-5H2,(H,14,19)/t8-,10+/m0/s1. The Morgan fingerprint density at radius 2 is 2.23 bits per heavy atom. The molecule has 9 heteroatoms. The van der Waals surface area contributed by atoms with E-state index in [9.17, 15) is 9.59 Å². The average molecular weight is 321 g/mol. The summed E-state index contributed by atoms with van der Waals surface area (Å²) >= 11 is 1.14. The van der Waals surface area contributed by atoms with Crippen molar-refractivity contribution in [2.45, 2.75) is 31.4 Å². The number of carbonyl (C=O) groups is 2. The second-order valence-electron chi connectivity index (χ2n) is 5.83. The zero-order valence-corrected chi connectivity index (χ0v) is 12.6. The van der Waals surface area contributed by atoms with Crippen LogP contribution in [0.5, 0.6) is 0 Å². The molecule has 1 saturated heterocycles. The van der Waals surface area contributed by atoms with E-state index in [0.717, 1.165) is 30.8 Å². The number of rotatable bonds is 3. The fourth-order valence-corrected chi connectivity index (χ4v) is 3.37. The molecule has 22 heavy (non-hydrogen) atoms. The molecule has 3 heterocycles. The van der Waals surface area contributed by atoms with E-state index in [1.54, 1.807) is 10.3 Å². The Morgan fingerprint density at radius 3 is 2.91 bits per heavy atom. The summed E-state index contributed by atoms with van der Waals surface area (Å²) in [5, 5.41) is 12.3. The second-order valence-corrected chi connectivity index (χ2v) is 6.44. The first-order valence-corrected chi connectivity index (χ1v) is 8.17. The van der Waals surface area contributed by atoms with Crippen molar-refractivity contribution in [3.63, 3.8) is 0 Å². The first-order chi connectivity index (χ1) is 10.7. The van der Waals surface area contributed by atoms with E-state index >= 15 is 0 Å². The van der Waals surface area contributed by atoms with E-state index in [1.807, 2.05) is 0 Å². The highest BCUT2D eigenvalue weighted by molar-refractivity contribution is 7.03. The zero-order valence-electron chi connectivity index (χ0n) is 11.8. The second kappa shape index (κ2) is 5.31. The number of nitrogens with one attached hydrogen (secondary N) is 1. The summed E-state index contributed by atoms with van der Waals surface area (Å²) in [5.41, 5.74) is 0.742. The van der Waals surface area contributed by atoms with Crippen molar-refractivity contribution in [1.82, 2.24) is 19.8 Å². The molecule has 0 bridgehead atoms. The number of hydrogen-bond acceptors (Lipinski definition) is 7. The van der Waals surface area contributed by atoms with Crippen LogP contribution in [0.3, 0.4) is 0 Å². The number of oxime groups is 1. The molecule has 116 valence electrons. The van der Waals surface area contributed by atoms with Gasteiger partial charge in [-0.25, -0.2) is 0 Å². The quantitative estimate of drug-likeness (QED) is 0.847. The molecule has 0 spiro atoms. The Bertz CT molecular complexity index is 628. The van der Waals surface area contributed by atoms with Gasteiger partial charge < -0.3 is 15.1 Å². The lowest BCUT2D eigenvalue weighted by Gasteiger charge is -2.26. The van der Waals surface area contributed by atoms with Crippen molar-refractivity contribution in [2.75, 3.05) is 13.1 Å². The fraction of sp³-hybridized carbons (Fsp3) is 0.615. The highest BCUT2D eigenvalue weighted by Gasteiger charge is 2.47. The maximum atomic E-state index is 12.3. The van der Waals surface area contributed by atoms with E-state index in [-0.39, 0.29) is 29.9 Å². The van der Waals surface area contributed by atoms with Gasteiger partial charge in [0.15, 0.2) is 17.5 Å². The molecule has 4 rings (SSSR count). The summed E-state index contributed by atoms with van der Waals surface area (Å²) < 4.78 is 3.70. The van der Waals surface area contributed by atoms with Crippen LogP contribution < -0.4 is 5.32 Å². The van der Waals surface area contributed by atoms with Gasteiger partial charge in [0.1, 0.15) is 0 Å². The highest BCUT2D eigenvalue weighted by atomic mass is 32.1. The number of nitrogens with zero attached hydrogens (tertiary/aromatic N) is 4. The summed E-state index contributed by atoms with van der Waals surface area (Å²) in [6, 6.07) is 0.259. The van der Waals surface area contributed by atoms with Crippen molar-refractivity contribution in [3.05, 3.63) is 11.1 Å². The van der Waals surface area contributed by atoms with E-state index < -0.39 is 0 Å². The number of likely N-dealkylation sites (tertiary alicyclic amines) is 1. The summed E-state index contributed by atoms with van der Waals surface area (Å²) in [5.74, 6) is -0.497. The summed E-state index contributed by atoms with van der Waals surface area (Å²) in [6.45, 7) is 0.850. The minimum Gasteiger partial charge on any atom is -0.389 e. The lowest BCUT2D eigenvalue weighted by Crippen LogP contribution is -2.45. The van der Waals surface area contributed by atoms with Crippen LogP contribution in [-0.2, 0) is 9.63 Å². The maximum Gasteiger partial charge on any atom is 0.275 e. The Balaban J connectivity index is 1.42. The molecule has 1 aromatic rings. The van der Waals surface area contributed by atoms with E-state index in [4.69, 9.17) is 4.84 Å². The van der Waals surface area contributed by atoms with Gasteiger partial charge in [-0.05, 0) is 30.8 Å². The first kappa shape index (κ1) is 13.6. The number of amides is 2. The van der Waals surface area contributed by atoms with Crippen LogP contribution >= 0.6 is 11.5 Å². The van der Waals surface area contributed by atoms with Crippen molar-refractivity contribution in [1.29, 1.82) is 0 Å². The Hall–Kier alpha value is -2.03. The highest BCUT2D eigenvalue weighted by Crippen LogP contribution is 2.28. The third kappa shape index (κ3) is 2.25. The molecule has 1 aromatic heterocycles. The molecule has 1 N–H and O–H groups in total. The lowest BCUT2D eigenvalue weighted by molar-refractivity contribution is -0.116. The van der Waals surface area contributed by atoms with Crippen LogP contribution in [0, 0.1) is 5.92 Å². The third-order valence-electron chi connectivity index (χ3n) is 4.44. The van der Waals surface area contributed by atoms with Crippen LogP contribution in [0.2, 0.25) is 0 Å². The van der Waals surface area contributed by atoms with Gasteiger partial charge in [-0.1, -0.05) is 9.64 Å². The minimum atomic E-state index is -0.238. The molecule has 1 aliphatic carbocycles. The van der Waals surface area contributed by atoms with Gasteiger partial charge in [0, 0.05) is 18.0 Å². The predicted octanol–water partition coefficient (Wildman–Crippen LogP) is 0.0336. The van der Waals surface area contributed by atoms with Crippen molar-refractivity contribution in [3.8, 4) is 0 Å². The van der Waals surface area contributed by atoms with Crippen LogP contribution in [0.15, 0.2) is 10.5 Å². The Morgan fingerprint density at radius 1 is 1.36 bits per heavy atom. The van der Waals surface area contributed by atoms with Gasteiger partial charge >= 0.3 is 0 Å². The summed E-state index contributed by atoms with van der Waals surface area (Å²) in [6.07, 6.45) is 2.96. The van der Waals surface area contributed by atoms with Crippen molar-refractivity contribution in [2.24, 2.45) is 11.1 Å². The van der Waals surface area contributed by atoms with Crippen LogP contribution in [-0.4, -0.2) is 57.2 Å². The van der Waals surface area contributed by atoms with E-state index in [1.165, 1.54) is 0 Å². The monoisotopic (exact) mass is 321 g/mol. The minimum absolute atomic E-state index is 0.157. The zero-order chi connectivity index (χ0) is 15.1. The average Bonchev–Trinajstić information content (AvgIpc) is 3.16. The fourth-order valence-electron chi connectivity index (χ4n) is 2.94. The number of fused-ring (bicyclic) bond motifs is 1. The van der Waals surface area contributed by atoms with Crippen molar-refractivity contribution >= 4 is 29.1 Å². The molecular weight excluding hydrogens is 306 g/mol. The Labute approximate surface area is 130 Å². The molecule has 2 atom stereocenters. The predicted molar refractivity (Wildman–Crippen MR) is 77.4 cm³/mol. The molecule has 8 nitrogen and oxygen atoms in total. The number of hydrogen-bond donors (Lipinski definition) is 1. The lowest BCUT2D eigenvalue weighted by atomic mass is 9.92. The molecule has 2 amide bonds. The van der Waals surface area contributed by atoms with Gasteiger partial charge in [0.25, 0.3) is 11.8 Å². The Kier molecular flexibility index (Phi) is 3.29. The van der Waals surface area contributed by atoms with Gasteiger partial charge in [0.05, 0.1) is 12.5 Å². The summed E-state index contributed by atoms with van der Waals surface area (Å²) in [7, 11) is 0. The molecule has 0 radical (unpaired) electrons. The smallest absolute Gasteiger partial charge is 0.275 e. The normalized spacial score (nSPS) is 26.9. The van der Waals surface area contributed by atoms with Gasteiger partial charge in [-0.2, -0.15) is 0 Å².